The van der Waals surface area contributed by atoms with E-state index in [0.29, 0.717) is 5.92 Å². The van der Waals surface area contributed by atoms with E-state index >= 15 is 0 Å². The summed E-state index contributed by atoms with van der Waals surface area (Å²) < 4.78 is 0.807. The van der Waals surface area contributed by atoms with E-state index < -0.39 is 0 Å². The predicted octanol–water partition coefficient (Wildman–Crippen LogP) is 1.43. The SMILES string of the molecule is S=c1ccc(C2CNC2)c[nH]1. The Labute approximate surface area is 70.6 Å². The molecule has 0 unspecified atom stereocenters. The van der Waals surface area contributed by atoms with Crippen LogP contribution in [0.3, 0.4) is 0 Å². The number of nitrogens with one attached hydrogen (secondary N) is 2. The van der Waals surface area contributed by atoms with Crippen molar-refractivity contribution in [2.45, 2.75) is 5.92 Å². The first-order valence-corrected chi connectivity index (χ1v) is 4.16. The van der Waals surface area contributed by atoms with Crippen LogP contribution in [0.5, 0.6) is 0 Å². The van der Waals surface area contributed by atoms with Gasteiger partial charge in [0.05, 0.1) is 0 Å². The lowest BCUT2D eigenvalue weighted by Gasteiger charge is -2.27. The molecule has 1 aliphatic rings. The fourth-order valence-electron chi connectivity index (χ4n) is 1.20. The van der Waals surface area contributed by atoms with Crippen LogP contribution in [-0.2, 0) is 0 Å². The number of aromatic nitrogens is 1. The molecule has 2 heterocycles. The van der Waals surface area contributed by atoms with E-state index in [2.05, 4.69) is 16.4 Å². The van der Waals surface area contributed by atoms with E-state index in [1.165, 1.54) is 5.56 Å². The van der Waals surface area contributed by atoms with Gasteiger partial charge in [0.1, 0.15) is 4.64 Å². The van der Waals surface area contributed by atoms with E-state index in [1.54, 1.807) is 0 Å². The zero-order valence-electron chi connectivity index (χ0n) is 6.13. The third-order valence-electron chi connectivity index (χ3n) is 2.06. The molecule has 1 saturated heterocycles. The van der Waals surface area contributed by atoms with Crippen molar-refractivity contribution in [3.63, 3.8) is 0 Å². The van der Waals surface area contributed by atoms with Gasteiger partial charge in [-0.2, -0.15) is 0 Å². The van der Waals surface area contributed by atoms with Gasteiger partial charge in [0.15, 0.2) is 0 Å². The maximum absolute atomic E-state index is 4.94. The molecule has 1 aliphatic heterocycles. The molecule has 0 amide bonds. The maximum Gasteiger partial charge on any atom is 0.103 e. The second-order valence-electron chi connectivity index (χ2n) is 2.84. The van der Waals surface area contributed by atoms with Crippen LogP contribution in [0.15, 0.2) is 18.3 Å². The van der Waals surface area contributed by atoms with Gasteiger partial charge in [-0.15, -0.1) is 0 Å². The van der Waals surface area contributed by atoms with E-state index in [9.17, 15) is 0 Å². The maximum atomic E-state index is 4.94. The van der Waals surface area contributed by atoms with E-state index in [1.807, 2.05) is 12.3 Å². The summed E-state index contributed by atoms with van der Waals surface area (Å²) in [6, 6.07) is 4.05. The molecule has 0 spiro atoms. The summed E-state index contributed by atoms with van der Waals surface area (Å²) in [5.41, 5.74) is 1.36. The summed E-state index contributed by atoms with van der Waals surface area (Å²) in [6.45, 7) is 2.20. The largest absolute Gasteiger partial charge is 0.353 e. The van der Waals surface area contributed by atoms with Gasteiger partial charge in [0.25, 0.3) is 0 Å². The van der Waals surface area contributed by atoms with Crippen molar-refractivity contribution in [2.24, 2.45) is 0 Å². The fraction of sp³-hybridized carbons (Fsp3) is 0.375. The van der Waals surface area contributed by atoms with Crippen LogP contribution in [0, 0.1) is 4.64 Å². The van der Waals surface area contributed by atoms with Crippen molar-refractivity contribution < 1.29 is 0 Å². The molecular weight excluding hydrogens is 156 g/mol. The topological polar surface area (TPSA) is 27.8 Å². The van der Waals surface area contributed by atoms with Crippen molar-refractivity contribution in [3.05, 3.63) is 28.5 Å². The van der Waals surface area contributed by atoms with Crippen LogP contribution in [0.1, 0.15) is 11.5 Å². The van der Waals surface area contributed by atoms with E-state index in [0.717, 1.165) is 17.7 Å². The number of hydrogen-bond donors (Lipinski definition) is 2. The molecule has 58 valence electrons. The monoisotopic (exact) mass is 166 g/mol. The lowest BCUT2D eigenvalue weighted by Crippen LogP contribution is -2.39. The Kier molecular flexibility index (Phi) is 1.75. The van der Waals surface area contributed by atoms with Crippen LogP contribution in [0.2, 0.25) is 0 Å². The molecule has 0 atom stereocenters. The zero-order chi connectivity index (χ0) is 7.68. The Hall–Kier alpha value is -0.670. The van der Waals surface area contributed by atoms with Crippen molar-refractivity contribution >= 4 is 12.2 Å². The molecule has 2 N–H and O–H groups in total. The van der Waals surface area contributed by atoms with Gasteiger partial charge < -0.3 is 10.3 Å². The van der Waals surface area contributed by atoms with Crippen molar-refractivity contribution in [1.82, 2.24) is 10.3 Å². The summed E-state index contributed by atoms with van der Waals surface area (Å²) >= 11 is 4.94. The minimum Gasteiger partial charge on any atom is -0.353 e. The van der Waals surface area contributed by atoms with Gasteiger partial charge in [0.2, 0.25) is 0 Å². The third kappa shape index (κ3) is 1.34. The van der Waals surface area contributed by atoms with Crippen LogP contribution >= 0.6 is 12.2 Å². The molecular formula is C8H10N2S. The fourth-order valence-corrected chi connectivity index (χ4v) is 1.33. The smallest absolute Gasteiger partial charge is 0.103 e. The lowest BCUT2D eigenvalue weighted by molar-refractivity contribution is 0.447. The lowest BCUT2D eigenvalue weighted by atomic mass is 9.96. The number of hydrogen-bond acceptors (Lipinski definition) is 2. The average molecular weight is 166 g/mol. The Morgan fingerprint density at radius 3 is 2.64 bits per heavy atom. The molecule has 3 heteroatoms. The summed E-state index contributed by atoms with van der Waals surface area (Å²) in [7, 11) is 0. The molecule has 0 aromatic carbocycles. The molecule has 1 fully saturated rings. The van der Waals surface area contributed by atoms with Crippen LogP contribution < -0.4 is 5.32 Å². The molecule has 11 heavy (non-hydrogen) atoms. The van der Waals surface area contributed by atoms with Crippen LogP contribution in [0.25, 0.3) is 0 Å². The highest BCUT2D eigenvalue weighted by molar-refractivity contribution is 7.71. The molecule has 2 nitrogen and oxygen atoms in total. The van der Waals surface area contributed by atoms with Gasteiger partial charge in [0, 0.05) is 25.2 Å². The summed E-state index contributed by atoms with van der Waals surface area (Å²) in [4.78, 5) is 3.04. The molecule has 2 rings (SSSR count). The second kappa shape index (κ2) is 2.75. The van der Waals surface area contributed by atoms with Gasteiger partial charge in [-0.1, -0.05) is 18.3 Å². The first kappa shape index (κ1) is 7.00. The highest BCUT2D eigenvalue weighted by Crippen LogP contribution is 2.17. The summed E-state index contributed by atoms with van der Waals surface area (Å²) in [5.74, 6) is 0.696. The first-order valence-electron chi connectivity index (χ1n) is 3.75. The molecule has 1 aromatic rings. The zero-order valence-corrected chi connectivity index (χ0v) is 6.95. The van der Waals surface area contributed by atoms with Crippen molar-refractivity contribution in [3.8, 4) is 0 Å². The minimum atomic E-state index is 0.696. The highest BCUT2D eigenvalue weighted by Gasteiger charge is 2.17. The molecule has 0 radical (unpaired) electrons. The molecule has 0 aliphatic carbocycles. The molecule has 1 aromatic heterocycles. The molecule has 0 bridgehead atoms. The van der Waals surface area contributed by atoms with Crippen LogP contribution in [0.4, 0.5) is 0 Å². The quantitative estimate of drug-likeness (QED) is 0.618. The number of rotatable bonds is 1. The number of H-pyrrole nitrogens is 1. The Morgan fingerprint density at radius 2 is 2.18 bits per heavy atom. The van der Waals surface area contributed by atoms with Gasteiger partial charge in [-0.25, -0.2) is 0 Å². The normalized spacial score (nSPS) is 17.8. The average Bonchev–Trinajstić information content (AvgIpc) is 1.90. The number of pyridine rings is 1. The van der Waals surface area contributed by atoms with Gasteiger partial charge >= 0.3 is 0 Å². The van der Waals surface area contributed by atoms with Crippen molar-refractivity contribution in [1.29, 1.82) is 0 Å². The Morgan fingerprint density at radius 1 is 1.36 bits per heavy atom. The Bertz CT molecular complexity index is 281. The third-order valence-corrected chi connectivity index (χ3v) is 2.32. The first-order chi connectivity index (χ1) is 5.36. The summed E-state index contributed by atoms with van der Waals surface area (Å²) in [5, 5.41) is 3.23. The summed E-state index contributed by atoms with van der Waals surface area (Å²) in [6.07, 6.45) is 2.01. The standard InChI is InChI=1S/C8H10N2S/c11-8-2-1-6(5-10-8)7-3-9-4-7/h1-2,5,7,9H,3-4H2,(H,10,11). The van der Waals surface area contributed by atoms with Gasteiger partial charge in [-0.3, -0.25) is 0 Å². The number of aromatic amines is 1. The van der Waals surface area contributed by atoms with Gasteiger partial charge in [-0.05, 0) is 11.6 Å². The second-order valence-corrected chi connectivity index (χ2v) is 3.28. The predicted molar refractivity (Wildman–Crippen MR) is 47.2 cm³/mol. The highest BCUT2D eigenvalue weighted by atomic mass is 32.1. The minimum absolute atomic E-state index is 0.696. The van der Waals surface area contributed by atoms with E-state index in [4.69, 9.17) is 12.2 Å². The molecule has 0 saturated carbocycles. The van der Waals surface area contributed by atoms with Crippen LogP contribution in [-0.4, -0.2) is 18.1 Å². The Balaban J connectivity index is 2.25. The van der Waals surface area contributed by atoms with Crippen molar-refractivity contribution in [2.75, 3.05) is 13.1 Å². The van der Waals surface area contributed by atoms with E-state index in [-0.39, 0.29) is 0 Å².